The van der Waals surface area contributed by atoms with E-state index in [2.05, 4.69) is 57.0 Å². The Hall–Kier alpha value is -3.42. The molecule has 4 unspecified atom stereocenters. The summed E-state index contributed by atoms with van der Waals surface area (Å²) >= 11 is 0. The van der Waals surface area contributed by atoms with E-state index in [-0.39, 0.29) is 35.5 Å². The largest absolute Gasteiger partial charge is 0.356 e. The van der Waals surface area contributed by atoms with E-state index in [4.69, 9.17) is 0 Å². The Kier molecular flexibility index (Phi) is 5.98. The van der Waals surface area contributed by atoms with Crippen molar-refractivity contribution >= 4 is 17.8 Å². The van der Waals surface area contributed by atoms with E-state index >= 15 is 0 Å². The maximum Gasteiger partial charge on any atom is 0.233 e. The summed E-state index contributed by atoms with van der Waals surface area (Å²) in [5.74, 6) is 1.06. The van der Waals surface area contributed by atoms with Gasteiger partial charge in [0.25, 0.3) is 0 Å². The molecule has 2 aromatic rings. The molecule has 2 N–H and O–H groups in total. The fraction of sp³-hybridized carbons (Fsp3) is 0.440. The molecule has 1 aromatic heterocycles. The predicted molar refractivity (Wildman–Crippen MR) is 125 cm³/mol. The first-order valence-electron chi connectivity index (χ1n) is 11.7. The molecule has 0 radical (unpaired) electrons. The van der Waals surface area contributed by atoms with Crippen LogP contribution in [0.4, 0.5) is 0 Å². The van der Waals surface area contributed by atoms with Gasteiger partial charge in [0, 0.05) is 45.6 Å². The highest BCUT2D eigenvalue weighted by Gasteiger charge is 2.58. The highest BCUT2D eigenvalue weighted by molar-refractivity contribution is 6.06. The third-order valence-corrected chi connectivity index (χ3v) is 7.01. The quantitative estimate of drug-likeness (QED) is 0.212. The van der Waals surface area contributed by atoms with E-state index < -0.39 is 0 Å². The van der Waals surface area contributed by atoms with Gasteiger partial charge in [-0.05, 0) is 35.8 Å². The Morgan fingerprint density at radius 1 is 1.12 bits per heavy atom. The van der Waals surface area contributed by atoms with Crippen LogP contribution in [0.1, 0.15) is 24.0 Å². The molecule has 5 rings (SSSR count). The minimum Gasteiger partial charge on any atom is -0.356 e. The molecule has 2 aliphatic carbocycles. The molecule has 1 saturated heterocycles. The summed E-state index contributed by atoms with van der Waals surface area (Å²) < 4.78 is 2.04. The van der Waals surface area contributed by atoms with Gasteiger partial charge in [-0.1, -0.05) is 36.4 Å². The minimum absolute atomic E-state index is 0.0277. The summed E-state index contributed by atoms with van der Waals surface area (Å²) in [6.07, 6.45) is 11.5. The summed E-state index contributed by atoms with van der Waals surface area (Å²) in [5.41, 5.74) is 2.38. The molecule has 1 aromatic carbocycles. The van der Waals surface area contributed by atoms with E-state index in [9.17, 15) is 9.59 Å². The third-order valence-electron chi connectivity index (χ3n) is 7.01. The number of carbonyl (C=O) groups is 2. The fourth-order valence-corrected chi connectivity index (χ4v) is 5.46. The predicted octanol–water partition coefficient (Wildman–Crippen LogP) is 1.79. The van der Waals surface area contributed by atoms with Crippen molar-refractivity contribution in [1.29, 1.82) is 0 Å². The Balaban J connectivity index is 1.06. The second kappa shape index (κ2) is 9.21. The number of guanidine groups is 1. The molecule has 8 heteroatoms. The van der Waals surface area contributed by atoms with Gasteiger partial charge in [0.2, 0.25) is 11.8 Å². The number of amides is 2. The SMILES string of the molecule is CN=C(NCCCN1C(=O)C2C3C=CC(C3)C2C1=O)NCc1cccc(Cn2ccnc2)c1. The highest BCUT2D eigenvalue weighted by atomic mass is 16.2. The van der Waals surface area contributed by atoms with Crippen molar-refractivity contribution in [3.63, 3.8) is 0 Å². The first kappa shape index (κ1) is 21.4. The van der Waals surface area contributed by atoms with Crippen molar-refractivity contribution in [2.75, 3.05) is 20.1 Å². The zero-order chi connectivity index (χ0) is 22.8. The van der Waals surface area contributed by atoms with Gasteiger partial charge in [0.05, 0.1) is 18.2 Å². The molecule has 2 bridgehead atoms. The average Bonchev–Trinajstić information content (AvgIpc) is 3.61. The lowest BCUT2D eigenvalue weighted by Gasteiger charge is -2.18. The Morgan fingerprint density at radius 2 is 1.88 bits per heavy atom. The number of imidazole rings is 1. The number of hydrogen-bond acceptors (Lipinski definition) is 4. The molecule has 1 saturated carbocycles. The molecular formula is C25H30N6O2. The van der Waals surface area contributed by atoms with Crippen LogP contribution in [0, 0.1) is 23.7 Å². The van der Waals surface area contributed by atoms with E-state index in [1.54, 1.807) is 13.2 Å². The van der Waals surface area contributed by atoms with Crippen molar-refractivity contribution in [1.82, 2.24) is 25.1 Å². The van der Waals surface area contributed by atoms with Gasteiger partial charge in [-0.15, -0.1) is 0 Å². The molecule has 2 fully saturated rings. The van der Waals surface area contributed by atoms with Gasteiger partial charge in [-0.3, -0.25) is 19.5 Å². The molecular weight excluding hydrogens is 416 g/mol. The Bertz CT molecular complexity index is 1050. The van der Waals surface area contributed by atoms with Gasteiger partial charge < -0.3 is 15.2 Å². The van der Waals surface area contributed by atoms with Crippen LogP contribution in [0.3, 0.4) is 0 Å². The smallest absolute Gasteiger partial charge is 0.233 e. The van der Waals surface area contributed by atoms with Crippen LogP contribution in [0.5, 0.6) is 0 Å². The molecule has 2 heterocycles. The van der Waals surface area contributed by atoms with Crippen LogP contribution in [0.25, 0.3) is 0 Å². The maximum absolute atomic E-state index is 12.8. The summed E-state index contributed by atoms with van der Waals surface area (Å²) in [4.78, 5) is 35.4. The number of nitrogens with one attached hydrogen (secondary N) is 2. The monoisotopic (exact) mass is 446 g/mol. The number of benzene rings is 1. The van der Waals surface area contributed by atoms with Gasteiger partial charge >= 0.3 is 0 Å². The van der Waals surface area contributed by atoms with Crippen LogP contribution in [0.15, 0.2) is 60.1 Å². The summed E-state index contributed by atoms with van der Waals surface area (Å²) in [6, 6.07) is 8.42. The molecule has 8 nitrogen and oxygen atoms in total. The van der Waals surface area contributed by atoms with Gasteiger partial charge in [0.15, 0.2) is 5.96 Å². The number of aromatic nitrogens is 2. The van der Waals surface area contributed by atoms with Crippen LogP contribution >= 0.6 is 0 Å². The van der Waals surface area contributed by atoms with E-state index in [0.717, 1.165) is 13.0 Å². The lowest BCUT2D eigenvalue weighted by Crippen LogP contribution is -2.39. The topological polar surface area (TPSA) is 91.6 Å². The molecule has 2 amide bonds. The van der Waals surface area contributed by atoms with Gasteiger partial charge in [-0.2, -0.15) is 0 Å². The number of carbonyl (C=O) groups excluding carboxylic acids is 2. The van der Waals surface area contributed by atoms with Crippen molar-refractivity contribution in [2.24, 2.45) is 28.7 Å². The zero-order valence-electron chi connectivity index (χ0n) is 18.9. The highest BCUT2D eigenvalue weighted by Crippen LogP contribution is 2.52. The van der Waals surface area contributed by atoms with Crippen molar-refractivity contribution in [3.8, 4) is 0 Å². The number of hydrogen-bond donors (Lipinski definition) is 2. The maximum atomic E-state index is 12.8. The minimum atomic E-state index is -0.112. The molecule has 33 heavy (non-hydrogen) atoms. The summed E-state index contributed by atoms with van der Waals surface area (Å²) in [7, 11) is 1.74. The van der Waals surface area contributed by atoms with Crippen molar-refractivity contribution in [2.45, 2.75) is 25.9 Å². The first-order chi connectivity index (χ1) is 16.1. The summed E-state index contributed by atoms with van der Waals surface area (Å²) in [6.45, 7) is 2.54. The first-order valence-corrected chi connectivity index (χ1v) is 11.7. The third kappa shape index (κ3) is 4.29. The van der Waals surface area contributed by atoms with Crippen LogP contribution < -0.4 is 10.6 Å². The number of aliphatic imine (C=N–C) groups is 1. The number of fused-ring (bicyclic) bond motifs is 5. The number of likely N-dealkylation sites (tertiary alicyclic amines) is 1. The van der Waals surface area contributed by atoms with Crippen LogP contribution in [0.2, 0.25) is 0 Å². The van der Waals surface area contributed by atoms with Gasteiger partial charge in [0.1, 0.15) is 0 Å². The van der Waals surface area contributed by atoms with E-state index in [1.165, 1.54) is 16.0 Å². The summed E-state index contributed by atoms with van der Waals surface area (Å²) in [5, 5.41) is 6.62. The normalized spacial score (nSPS) is 25.7. The standard InChI is InChI=1S/C25H30N6O2/c1-26-25(29-14-17-4-2-5-18(12-17)15-30-11-9-27-16-30)28-8-3-10-31-23(32)21-19-6-7-20(13-19)22(21)24(31)33/h2,4-7,9,11-12,16,19-22H,3,8,10,13-15H2,1H3,(H2,26,28,29). The Labute approximate surface area is 193 Å². The van der Waals surface area contributed by atoms with Crippen LogP contribution in [-0.2, 0) is 22.7 Å². The van der Waals surface area contributed by atoms with Crippen molar-refractivity contribution < 1.29 is 9.59 Å². The number of imide groups is 1. The molecule has 1 aliphatic heterocycles. The number of allylic oxidation sites excluding steroid dienone is 2. The zero-order valence-corrected chi connectivity index (χ0v) is 18.9. The molecule has 3 aliphatic rings. The molecule has 4 atom stereocenters. The molecule has 172 valence electrons. The number of nitrogens with zero attached hydrogens (tertiary/aromatic N) is 4. The second-order valence-electron chi connectivity index (χ2n) is 9.09. The molecule has 0 spiro atoms. The Morgan fingerprint density at radius 3 is 2.58 bits per heavy atom. The lowest BCUT2D eigenvalue weighted by molar-refractivity contribution is -0.140. The second-order valence-corrected chi connectivity index (χ2v) is 9.09. The van der Waals surface area contributed by atoms with E-state index in [1.807, 2.05) is 17.1 Å². The lowest BCUT2D eigenvalue weighted by atomic mass is 9.85. The van der Waals surface area contributed by atoms with Crippen molar-refractivity contribution in [3.05, 3.63) is 66.3 Å². The van der Waals surface area contributed by atoms with Gasteiger partial charge in [-0.25, -0.2) is 4.98 Å². The average molecular weight is 447 g/mol. The van der Waals surface area contributed by atoms with Crippen LogP contribution in [-0.4, -0.2) is 52.4 Å². The fourth-order valence-electron chi connectivity index (χ4n) is 5.46. The number of rotatable bonds is 8. The van der Waals surface area contributed by atoms with E-state index in [0.29, 0.717) is 32.0 Å².